The van der Waals surface area contributed by atoms with E-state index < -0.39 is 0 Å². The predicted molar refractivity (Wildman–Crippen MR) is 109 cm³/mol. The van der Waals surface area contributed by atoms with Gasteiger partial charge in [0.25, 0.3) is 0 Å². The molecular weight excluding hydrogens is 352 g/mol. The molecule has 5 rings (SSSR count). The molecule has 1 aromatic carbocycles. The molecule has 28 heavy (non-hydrogen) atoms. The Morgan fingerprint density at radius 1 is 1.21 bits per heavy atom. The number of hydrogen-bond acceptors (Lipinski definition) is 5. The summed E-state index contributed by atoms with van der Waals surface area (Å²) in [6.45, 7) is 7.87. The molecule has 1 fully saturated rings. The average molecular weight is 378 g/mol. The van der Waals surface area contributed by atoms with Crippen molar-refractivity contribution in [2.24, 2.45) is 11.0 Å². The zero-order chi connectivity index (χ0) is 19.3. The van der Waals surface area contributed by atoms with Crippen LogP contribution in [0.15, 0.2) is 39.9 Å². The maximum atomic E-state index is 12.9. The predicted octanol–water partition coefficient (Wildman–Crippen LogP) is 3.22. The van der Waals surface area contributed by atoms with Gasteiger partial charge in [0.05, 0.1) is 24.0 Å². The normalized spacial score (nSPS) is 24.1. The van der Waals surface area contributed by atoms with Gasteiger partial charge in [0.2, 0.25) is 5.91 Å². The van der Waals surface area contributed by atoms with E-state index in [9.17, 15) is 4.79 Å². The summed E-state index contributed by atoms with van der Waals surface area (Å²) in [5, 5.41) is 4.49. The van der Waals surface area contributed by atoms with Crippen LogP contribution in [0.2, 0.25) is 0 Å². The van der Waals surface area contributed by atoms with Crippen LogP contribution < -0.4 is 10.3 Å². The molecule has 1 aromatic heterocycles. The zero-order valence-electron chi connectivity index (χ0n) is 16.4. The number of amides is 1. The van der Waals surface area contributed by atoms with Crippen LogP contribution in [0.1, 0.15) is 38.0 Å². The molecule has 0 spiro atoms. The number of rotatable bonds is 4. The standard InChI is InChI=1S/C22H26N4O2/c1-3-26-18-8-6-15(12-17(18)21-20(22(26)27)14(2)23-24-21)19-9-7-16(28-19)13-25-10-4-5-11-25/h6-9,12,14,20,23H,3-5,10-11,13H2,1-2H3. The molecule has 4 heterocycles. The van der Waals surface area contributed by atoms with Crippen LogP contribution >= 0.6 is 0 Å². The van der Waals surface area contributed by atoms with Gasteiger partial charge < -0.3 is 14.7 Å². The molecule has 2 unspecified atom stereocenters. The molecule has 6 nitrogen and oxygen atoms in total. The van der Waals surface area contributed by atoms with Crippen LogP contribution in [-0.4, -0.2) is 42.2 Å². The Morgan fingerprint density at radius 3 is 2.82 bits per heavy atom. The van der Waals surface area contributed by atoms with E-state index in [4.69, 9.17) is 4.42 Å². The molecule has 2 aromatic rings. The summed E-state index contributed by atoms with van der Waals surface area (Å²) in [6, 6.07) is 10.3. The van der Waals surface area contributed by atoms with Gasteiger partial charge in [-0.1, -0.05) is 0 Å². The Bertz CT molecular complexity index is 942. The first-order chi connectivity index (χ1) is 13.7. The highest BCUT2D eigenvalue weighted by Crippen LogP contribution is 2.37. The van der Waals surface area contributed by atoms with Crippen molar-refractivity contribution in [3.8, 4) is 11.3 Å². The molecule has 0 aliphatic carbocycles. The fourth-order valence-electron chi connectivity index (χ4n) is 4.63. The molecule has 2 atom stereocenters. The zero-order valence-corrected chi connectivity index (χ0v) is 16.4. The second kappa shape index (κ2) is 6.78. The number of nitrogens with zero attached hydrogens (tertiary/aromatic N) is 3. The molecular formula is C22H26N4O2. The third-order valence-corrected chi connectivity index (χ3v) is 6.12. The summed E-state index contributed by atoms with van der Waals surface area (Å²) in [5.74, 6) is 1.79. The number of carbonyl (C=O) groups excluding carboxylic acids is 1. The number of benzene rings is 1. The number of fused-ring (bicyclic) bond motifs is 3. The van der Waals surface area contributed by atoms with Crippen LogP contribution in [0.5, 0.6) is 0 Å². The Balaban J connectivity index is 1.49. The summed E-state index contributed by atoms with van der Waals surface area (Å²) in [7, 11) is 0. The fourth-order valence-corrected chi connectivity index (χ4v) is 4.63. The van der Waals surface area contributed by atoms with Crippen molar-refractivity contribution in [3.05, 3.63) is 41.7 Å². The summed E-state index contributed by atoms with van der Waals surface area (Å²) in [4.78, 5) is 17.2. The molecule has 1 saturated heterocycles. The lowest BCUT2D eigenvalue weighted by atomic mass is 9.85. The van der Waals surface area contributed by atoms with Crippen molar-refractivity contribution in [1.29, 1.82) is 0 Å². The van der Waals surface area contributed by atoms with Crippen LogP contribution in [0.3, 0.4) is 0 Å². The first-order valence-corrected chi connectivity index (χ1v) is 10.3. The molecule has 3 aliphatic rings. The molecule has 1 amide bonds. The summed E-state index contributed by atoms with van der Waals surface area (Å²) in [6.07, 6.45) is 2.56. The van der Waals surface area contributed by atoms with Gasteiger partial charge in [0.1, 0.15) is 17.4 Å². The van der Waals surface area contributed by atoms with E-state index in [0.29, 0.717) is 6.54 Å². The number of anilines is 1. The van der Waals surface area contributed by atoms with E-state index in [1.54, 1.807) is 0 Å². The summed E-state index contributed by atoms with van der Waals surface area (Å²) >= 11 is 0. The van der Waals surface area contributed by atoms with E-state index in [1.165, 1.54) is 12.8 Å². The molecule has 1 N–H and O–H groups in total. The lowest BCUT2D eigenvalue weighted by Crippen LogP contribution is -2.47. The first-order valence-electron chi connectivity index (χ1n) is 10.3. The number of carbonyl (C=O) groups is 1. The van der Waals surface area contributed by atoms with Gasteiger partial charge in [0, 0.05) is 17.7 Å². The van der Waals surface area contributed by atoms with Gasteiger partial charge in [-0.15, -0.1) is 0 Å². The highest BCUT2D eigenvalue weighted by molar-refractivity contribution is 6.25. The topological polar surface area (TPSA) is 61.1 Å². The lowest BCUT2D eigenvalue weighted by Gasteiger charge is -2.33. The second-order valence-electron chi connectivity index (χ2n) is 7.96. The highest BCUT2D eigenvalue weighted by atomic mass is 16.3. The number of hydrazone groups is 1. The Hall–Kier alpha value is -2.60. The molecule has 3 aliphatic heterocycles. The lowest BCUT2D eigenvalue weighted by molar-refractivity contribution is -0.120. The summed E-state index contributed by atoms with van der Waals surface area (Å²) in [5.41, 5.74) is 6.93. The summed E-state index contributed by atoms with van der Waals surface area (Å²) < 4.78 is 6.15. The van der Waals surface area contributed by atoms with Gasteiger partial charge in [-0.05, 0) is 70.1 Å². The average Bonchev–Trinajstić information content (AvgIpc) is 3.44. The van der Waals surface area contributed by atoms with E-state index in [0.717, 1.165) is 53.7 Å². The first kappa shape index (κ1) is 17.5. The van der Waals surface area contributed by atoms with Crippen molar-refractivity contribution < 1.29 is 9.21 Å². The van der Waals surface area contributed by atoms with Crippen LogP contribution in [0.4, 0.5) is 5.69 Å². The Morgan fingerprint density at radius 2 is 2.04 bits per heavy atom. The largest absolute Gasteiger partial charge is 0.460 e. The maximum Gasteiger partial charge on any atom is 0.238 e. The number of nitrogens with one attached hydrogen (secondary N) is 1. The van der Waals surface area contributed by atoms with Gasteiger partial charge in [-0.25, -0.2) is 0 Å². The minimum absolute atomic E-state index is 0.0176. The molecule has 6 heteroatoms. The minimum atomic E-state index is -0.218. The Labute approximate surface area is 165 Å². The third-order valence-electron chi connectivity index (χ3n) is 6.12. The van der Waals surface area contributed by atoms with Crippen molar-refractivity contribution >= 4 is 17.3 Å². The van der Waals surface area contributed by atoms with E-state index >= 15 is 0 Å². The number of furan rings is 1. The van der Waals surface area contributed by atoms with Crippen LogP contribution in [0, 0.1) is 5.92 Å². The van der Waals surface area contributed by atoms with Crippen molar-refractivity contribution in [2.75, 3.05) is 24.5 Å². The molecule has 146 valence electrons. The second-order valence-corrected chi connectivity index (χ2v) is 7.96. The minimum Gasteiger partial charge on any atom is -0.460 e. The third kappa shape index (κ3) is 2.75. The molecule has 0 bridgehead atoms. The monoisotopic (exact) mass is 378 g/mol. The number of likely N-dealkylation sites (tertiary alicyclic amines) is 1. The quantitative estimate of drug-likeness (QED) is 0.887. The van der Waals surface area contributed by atoms with E-state index in [-0.39, 0.29) is 17.9 Å². The highest BCUT2D eigenvalue weighted by Gasteiger charge is 2.43. The smallest absolute Gasteiger partial charge is 0.238 e. The Kier molecular flexibility index (Phi) is 4.23. The van der Waals surface area contributed by atoms with Crippen molar-refractivity contribution in [3.63, 3.8) is 0 Å². The van der Waals surface area contributed by atoms with Gasteiger partial charge >= 0.3 is 0 Å². The van der Waals surface area contributed by atoms with E-state index in [1.807, 2.05) is 36.9 Å². The van der Waals surface area contributed by atoms with Crippen LogP contribution in [-0.2, 0) is 11.3 Å². The van der Waals surface area contributed by atoms with Crippen LogP contribution in [0.25, 0.3) is 11.3 Å². The maximum absolute atomic E-state index is 12.9. The van der Waals surface area contributed by atoms with Gasteiger partial charge in [-0.2, -0.15) is 5.10 Å². The van der Waals surface area contributed by atoms with Crippen molar-refractivity contribution in [1.82, 2.24) is 10.3 Å². The SMILES string of the molecule is CCN1C(=O)C2C(=NNC2C)c2cc(-c3ccc(CN4CCCC4)o3)ccc21. The fraction of sp³-hybridized carbons (Fsp3) is 0.455. The number of hydrogen-bond donors (Lipinski definition) is 1. The van der Waals surface area contributed by atoms with E-state index in [2.05, 4.69) is 27.6 Å². The molecule has 0 saturated carbocycles. The van der Waals surface area contributed by atoms with Crippen molar-refractivity contribution in [2.45, 2.75) is 39.3 Å². The van der Waals surface area contributed by atoms with Gasteiger partial charge in [0.15, 0.2) is 0 Å². The van der Waals surface area contributed by atoms with Gasteiger partial charge in [-0.3, -0.25) is 9.69 Å². The molecule has 0 radical (unpaired) electrons.